The van der Waals surface area contributed by atoms with E-state index in [9.17, 15) is 0 Å². The number of benzene rings is 1. The van der Waals surface area contributed by atoms with Gasteiger partial charge in [-0.3, -0.25) is 0 Å². The average Bonchev–Trinajstić information content (AvgIpc) is 2.99. The molecule has 0 atom stereocenters. The summed E-state index contributed by atoms with van der Waals surface area (Å²) in [5, 5.41) is 8.30. The first kappa shape index (κ1) is 9.65. The molecule has 1 aromatic heterocycles. The van der Waals surface area contributed by atoms with Crippen molar-refractivity contribution in [3.05, 3.63) is 29.0 Å². The van der Waals surface area contributed by atoms with E-state index >= 15 is 0 Å². The van der Waals surface area contributed by atoms with E-state index in [1.54, 1.807) is 0 Å². The van der Waals surface area contributed by atoms with Crippen LogP contribution in [0.1, 0.15) is 12.8 Å². The zero-order chi connectivity index (χ0) is 11.5. The molecule has 4 nitrogen and oxygen atoms in total. The molecule has 2 aromatic rings. The number of halogens is 1. The van der Waals surface area contributed by atoms with Crippen LogP contribution in [0.5, 0.6) is 5.75 Å². The predicted molar refractivity (Wildman–Crippen MR) is 65.9 cm³/mol. The molecular weight excluding hydrogens is 282 g/mol. The lowest BCUT2D eigenvalue weighted by molar-refractivity contribution is 0.242. The van der Waals surface area contributed by atoms with Gasteiger partial charge in [0.25, 0.3) is 0 Å². The molecule has 17 heavy (non-hydrogen) atoms. The number of para-hydroxylation sites is 1. The second-order valence-electron chi connectivity index (χ2n) is 4.65. The molecule has 1 aromatic carbocycles. The van der Waals surface area contributed by atoms with Crippen LogP contribution in [0, 0.1) is 0 Å². The molecule has 1 fully saturated rings. The molecule has 5 heteroatoms. The molecule has 1 aliphatic carbocycles. The van der Waals surface area contributed by atoms with Gasteiger partial charge >= 0.3 is 0 Å². The number of rotatable bonds is 0. The molecule has 0 saturated heterocycles. The number of aromatic nitrogens is 3. The first-order valence-electron chi connectivity index (χ1n) is 5.62. The molecular formula is C12H10BrN3O. The van der Waals surface area contributed by atoms with Crippen molar-refractivity contribution in [3.63, 3.8) is 0 Å². The Morgan fingerprint density at radius 3 is 3.06 bits per heavy atom. The van der Waals surface area contributed by atoms with Gasteiger partial charge in [-0.25, -0.2) is 0 Å². The average molecular weight is 292 g/mol. The summed E-state index contributed by atoms with van der Waals surface area (Å²) >= 11 is 3.53. The number of hydrogen-bond acceptors (Lipinski definition) is 3. The van der Waals surface area contributed by atoms with E-state index in [1.807, 2.05) is 24.5 Å². The Labute approximate surface area is 107 Å². The third kappa shape index (κ3) is 1.23. The highest BCUT2D eigenvalue weighted by Crippen LogP contribution is 2.50. The van der Waals surface area contributed by atoms with Crippen LogP contribution in [-0.2, 0) is 5.54 Å². The van der Waals surface area contributed by atoms with E-state index in [-0.39, 0.29) is 5.54 Å². The van der Waals surface area contributed by atoms with Crippen molar-refractivity contribution in [2.45, 2.75) is 18.4 Å². The quantitative estimate of drug-likeness (QED) is 0.749. The lowest BCUT2D eigenvalue weighted by atomic mass is 10.2. The summed E-state index contributed by atoms with van der Waals surface area (Å²) in [6.07, 6.45) is 4.11. The van der Waals surface area contributed by atoms with Gasteiger partial charge in [-0.1, -0.05) is 6.07 Å². The lowest BCUT2D eigenvalue weighted by Crippen LogP contribution is -2.23. The highest BCUT2D eigenvalue weighted by molar-refractivity contribution is 9.10. The summed E-state index contributed by atoms with van der Waals surface area (Å²) in [4.78, 5) is 0. The fourth-order valence-electron chi connectivity index (χ4n) is 2.40. The first-order valence-corrected chi connectivity index (χ1v) is 6.42. The van der Waals surface area contributed by atoms with Crippen molar-refractivity contribution in [1.29, 1.82) is 0 Å². The number of hydrogen-bond donors (Lipinski definition) is 0. The van der Waals surface area contributed by atoms with Crippen molar-refractivity contribution < 1.29 is 4.74 Å². The molecule has 4 rings (SSSR count). The Hall–Kier alpha value is -1.36. The van der Waals surface area contributed by atoms with Gasteiger partial charge in [-0.2, -0.15) is 0 Å². The largest absolute Gasteiger partial charge is 0.489 e. The maximum Gasteiger partial charge on any atom is 0.168 e. The van der Waals surface area contributed by atoms with Crippen LogP contribution in [0.4, 0.5) is 0 Å². The zero-order valence-corrected chi connectivity index (χ0v) is 10.6. The second-order valence-corrected chi connectivity index (χ2v) is 5.51. The van der Waals surface area contributed by atoms with Crippen molar-refractivity contribution in [1.82, 2.24) is 14.8 Å². The SMILES string of the molecule is Brc1cccc2c1OCC1(CC1)n1cnnc1-2. The fourth-order valence-corrected chi connectivity index (χ4v) is 2.88. The summed E-state index contributed by atoms with van der Waals surface area (Å²) in [5.41, 5.74) is 1.11. The van der Waals surface area contributed by atoms with Crippen LogP contribution >= 0.6 is 15.9 Å². The molecule has 86 valence electrons. The summed E-state index contributed by atoms with van der Waals surface area (Å²) in [5.74, 6) is 1.79. The van der Waals surface area contributed by atoms with Gasteiger partial charge in [-0.05, 0) is 40.9 Å². The molecule has 0 bridgehead atoms. The van der Waals surface area contributed by atoms with Crippen molar-refractivity contribution in [2.75, 3.05) is 6.61 Å². The van der Waals surface area contributed by atoms with Gasteiger partial charge in [0.1, 0.15) is 18.7 Å². The number of nitrogens with zero attached hydrogens (tertiary/aromatic N) is 3. The lowest BCUT2D eigenvalue weighted by Gasteiger charge is -2.14. The summed E-state index contributed by atoms with van der Waals surface area (Å²) < 4.78 is 9.11. The van der Waals surface area contributed by atoms with Gasteiger partial charge < -0.3 is 9.30 Å². The molecule has 0 N–H and O–H groups in total. The topological polar surface area (TPSA) is 39.9 Å². The van der Waals surface area contributed by atoms with Crippen molar-refractivity contribution in [3.8, 4) is 17.1 Å². The Bertz CT molecular complexity index is 604. The van der Waals surface area contributed by atoms with Crippen molar-refractivity contribution in [2.24, 2.45) is 0 Å². The van der Waals surface area contributed by atoms with E-state index < -0.39 is 0 Å². The second kappa shape index (κ2) is 3.10. The van der Waals surface area contributed by atoms with Gasteiger partial charge in [0.15, 0.2) is 5.82 Å². The minimum atomic E-state index is 0.0945. The molecule has 0 radical (unpaired) electrons. The minimum absolute atomic E-state index is 0.0945. The van der Waals surface area contributed by atoms with Crippen LogP contribution in [-0.4, -0.2) is 21.4 Å². The molecule has 0 unspecified atom stereocenters. The first-order chi connectivity index (χ1) is 8.30. The van der Waals surface area contributed by atoms with Crippen molar-refractivity contribution >= 4 is 15.9 Å². The van der Waals surface area contributed by atoms with Gasteiger partial charge in [0, 0.05) is 0 Å². The van der Waals surface area contributed by atoms with E-state index in [0.29, 0.717) is 6.61 Å². The molecule has 2 heterocycles. The fraction of sp³-hybridized carbons (Fsp3) is 0.333. The van der Waals surface area contributed by atoms with E-state index in [1.165, 1.54) is 0 Å². The highest BCUT2D eigenvalue weighted by atomic mass is 79.9. The maximum atomic E-state index is 5.96. The predicted octanol–water partition coefficient (Wildman–Crippen LogP) is 2.59. The van der Waals surface area contributed by atoms with Crippen LogP contribution in [0.15, 0.2) is 29.0 Å². The standard InChI is InChI=1S/C12H10BrN3O/c13-9-3-1-2-8-10(9)17-6-12(4-5-12)16-7-14-15-11(8)16/h1-3,7H,4-6H2. The summed E-state index contributed by atoms with van der Waals surface area (Å²) in [6.45, 7) is 0.702. The van der Waals surface area contributed by atoms with E-state index in [4.69, 9.17) is 4.74 Å². The molecule has 0 amide bonds. The van der Waals surface area contributed by atoms with Gasteiger partial charge in [0.2, 0.25) is 0 Å². The normalized spacial score (nSPS) is 19.1. The molecule has 1 saturated carbocycles. The van der Waals surface area contributed by atoms with Crippen LogP contribution in [0.2, 0.25) is 0 Å². The third-order valence-corrected chi connectivity index (χ3v) is 4.20. The Morgan fingerprint density at radius 2 is 2.24 bits per heavy atom. The molecule has 1 aliphatic heterocycles. The van der Waals surface area contributed by atoms with E-state index in [0.717, 1.165) is 34.5 Å². The Kier molecular flexibility index (Phi) is 1.76. The maximum absolute atomic E-state index is 5.96. The summed E-state index contributed by atoms with van der Waals surface area (Å²) in [6, 6.07) is 6.02. The molecule has 1 spiro atoms. The smallest absolute Gasteiger partial charge is 0.168 e. The highest BCUT2D eigenvalue weighted by Gasteiger charge is 2.48. The summed E-state index contributed by atoms with van der Waals surface area (Å²) in [7, 11) is 0. The van der Waals surface area contributed by atoms with Crippen LogP contribution < -0.4 is 4.74 Å². The number of ether oxygens (including phenoxy) is 1. The monoisotopic (exact) mass is 291 g/mol. The van der Waals surface area contributed by atoms with Gasteiger partial charge in [0.05, 0.1) is 15.6 Å². The molecule has 2 aliphatic rings. The van der Waals surface area contributed by atoms with Gasteiger partial charge in [-0.15, -0.1) is 10.2 Å². The number of fused-ring (bicyclic) bond motifs is 4. The Balaban J connectivity index is 2.02. The zero-order valence-electron chi connectivity index (χ0n) is 9.06. The van der Waals surface area contributed by atoms with Crippen LogP contribution in [0.25, 0.3) is 11.4 Å². The van der Waals surface area contributed by atoms with Crippen LogP contribution in [0.3, 0.4) is 0 Å². The van der Waals surface area contributed by atoms with E-state index in [2.05, 4.69) is 30.7 Å². The minimum Gasteiger partial charge on any atom is -0.489 e. The third-order valence-electron chi connectivity index (χ3n) is 3.58. The Morgan fingerprint density at radius 1 is 1.35 bits per heavy atom.